The van der Waals surface area contributed by atoms with Crippen LogP contribution in [0.15, 0.2) is 76.2 Å². The number of thiazole rings is 1. The molecular formula is C28H26N2O7S. The molecule has 4 rings (SSSR count). The molecular weight excluding hydrogens is 508 g/mol. The third kappa shape index (κ3) is 5.16. The van der Waals surface area contributed by atoms with Crippen LogP contribution >= 0.6 is 11.3 Å². The number of allylic oxidation sites excluding steroid dienone is 1. The molecule has 1 atom stereocenters. The molecule has 0 saturated heterocycles. The van der Waals surface area contributed by atoms with Crippen molar-refractivity contribution in [3.63, 3.8) is 0 Å². The van der Waals surface area contributed by atoms with E-state index in [4.69, 9.17) is 18.9 Å². The Hall–Kier alpha value is -4.44. The fraction of sp³-hybridized carbons (Fsp3) is 0.214. The molecule has 0 fully saturated rings. The number of carbonyl (C=O) groups excluding carboxylic acids is 2. The molecule has 2 heterocycles. The van der Waals surface area contributed by atoms with Crippen LogP contribution in [0, 0.1) is 0 Å². The van der Waals surface area contributed by atoms with Gasteiger partial charge < -0.3 is 18.9 Å². The van der Waals surface area contributed by atoms with Gasteiger partial charge in [0.15, 0.2) is 16.3 Å². The minimum atomic E-state index is -0.815. The highest BCUT2D eigenvalue weighted by atomic mass is 32.1. The van der Waals surface area contributed by atoms with Crippen molar-refractivity contribution in [2.45, 2.75) is 19.9 Å². The predicted octanol–water partition coefficient (Wildman–Crippen LogP) is 2.91. The summed E-state index contributed by atoms with van der Waals surface area (Å²) in [5.74, 6) is 0.300. The Kier molecular flexibility index (Phi) is 7.92. The summed E-state index contributed by atoms with van der Waals surface area (Å²) < 4.78 is 23.3. The molecule has 2 aromatic carbocycles. The Morgan fingerprint density at radius 3 is 2.50 bits per heavy atom. The number of ether oxygens (including phenoxy) is 4. The maximum atomic E-state index is 13.8. The van der Waals surface area contributed by atoms with Gasteiger partial charge in [0.05, 0.1) is 36.1 Å². The van der Waals surface area contributed by atoms with E-state index in [9.17, 15) is 14.4 Å². The van der Waals surface area contributed by atoms with Gasteiger partial charge in [-0.2, -0.15) is 0 Å². The van der Waals surface area contributed by atoms with Crippen LogP contribution in [0.5, 0.6) is 17.2 Å². The number of hydrogen-bond donors (Lipinski definition) is 0. The average molecular weight is 535 g/mol. The number of esters is 2. The third-order valence-electron chi connectivity index (χ3n) is 5.75. The second kappa shape index (κ2) is 11.3. The largest absolute Gasteiger partial charge is 0.493 e. The average Bonchev–Trinajstić information content (AvgIpc) is 3.20. The number of methoxy groups -OCH3 is 2. The molecule has 0 radical (unpaired) electrons. The maximum Gasteiger partial charge on any atom is 0.338 e. The highest BCUT2D eigenvalue weighted by molar-refractivity contribution is 7.07. The third-order valence-corrected chi connectivity index (χ3v) is 6.73. The summed E-state index contributed by atoms with van der Waals surface area (Å²) in [5, 5.41) is 0. The lowest BCUT2D eigenvalue weighted by Crippen LogP contribution is -2.39. The molecule has 9 nitrogen and oxygen atoms in total. The van der Waals surface area contributed by atoms with Gasteiger partial charge >= 0.3 is 11.9 Å². The maximum absolute atomic E-state index is 13.8. The van der Waals surface area contributed by atoms with Crippen molar-refractivity contribution in [2.24, 2.45) is 4.99 Å². The Morgan fingerprint density at radius 2 is 1.87 bits per heavy atom. The van der Waals surface area contributed by atoms with E-state index in [1.54, 1.807) is 49.4 Å². The molecule has 1 aliphatic heterocycles. The zero-order valence-electron chi connectivity index (χ0n) is 21.3. The normalized spacial score (nSPS) is 14.8. The van der Waals surface area contributed by atoms with Crippen LogP contribution in [0.2, 0.25) is 0 Å². The lowest BCUT2D eigenvalue weighted by molar-refractivity contribution is -0.138. The van der Waals surface area contributed by atoms with Crippen LogP contribution in [0.25, 0.3) is 6.08 Å². The SMILES string of the molecule is C=CCOC(=O)C1=C(C)N=c2sc(=Cc3cccc(OC)c3OC)c(=O)n2C1c1ccc(OC(C)=O)cc1. The van der Waals surface area contributed by atoms with Crippen molar-refractivity contribution in [1.29, 1.82) is 0 Å². The lowest BCUT2D eigenvalue weighted by atomic mass is 9.96. The number of aromatic nitrogens is 1. The summed E-state index contributed by atoms with van der Waals surface area (Å²) >= 11 is 1.19. The van der Waals surface area contributed by atoms with E-state index in [2.05, 4.69) is 11.6 Å². The lowest BCUT2D eigenvalue weighted by Gasteiger charge is -2.24. The molecule has 0 amide bonds. The van der Waals surface area contributed by atoms with Crippen molar-refractivity contribution in [1.82, 2.24) is 4.57 Å². The molecule has 196 valence electrons. The van der Waals surface area contributed by atoms with Gasteiger partial charge in [-0.3, -0.25) is 14.2 Å². The van der Waals surface area contributed by atoms with Gasteiger partial charge in [0, 0.05) is 12.5 Å². The number of benzene rings is 2. The first kappa shape index (κ1) is 26.6. The van der Waals surface area contributed by atoms with E-state index in [1.165, 1.54) is 43.1 Å². The summed E-state index contributed by atoms with van der Waals surface area (Å²) in [6, 6.07) is 11.2. The topological polar surface area (TPSA) is 105 Å². The fourth-order valence-electron chi connectivity index (χ4n) is 4.16. The van der Waals surface area contributed by atoms with Gasteiger partial charge in [0.2, 0.25) is 0 Å². The van der Waals surface area contributed by atoms with Crippen molar-refractivity contribution in [2.75, 3.05) is 20.8 Å². The van der Waals surface area contributed by atoms with Crippen LogP contribution < -0.4 is 29.1 Å². The van der Waals surface area contributed by atoms with Gasteiger partial charge in [-0.25, -0.2) is 9.79 Å². The zero-order chi connectivity index (χ0) is 27.4. The van der Waals surface area contributed by atoms with Crippen LogP contribution in [-0.4, -0.2) is 37.3 Å². The first-order chi connectivity index (χ1) is 18.3. The van der Waals surface area contributed by atoms with Crippen LogP contribution in [0.4, 0.5) is 0 Å². The van der Waals surface area contributed by atoms with Gasteiger partial charge in [-0.1, -0.05) is 48.3 Å². The molecule has 38 heavy (non-hydrogen) atoms. The molecule has 3 aromatic rings. The number of hydrogen-bond acceptors (Lipinski definition) is 9. The summed E-state index contributed by atoms with van der Waals surface area (Å²) in [6.45, 7) is 6.61. The summed E-state index contributed by atoms with van der Waals surface area (Å²) in [7, 11) is 3.07. The molecule has 0 bridgehead atoms. The van der Waals surface area contributed by atoms with Crippen molar-refractivity contribution < 1.29 is 28.5 Å². The Balaban J connectivity index is 1.92. The standard InChI is InChI=1S/C28H26N2O7S/c1-6-14-36-27(33)23-16(2)29-28-30(24(23)18-10-12-20(13-11-18)37-17(3)31)26(32)22(38-28)15-19-8-7-9-21(34-4)25(19)35-5/h6-13,15,24H,1,14H2,2-5H3. The van der Waals surface area contributed by atoms with Crippen LogP contribution in [-0.2, 0) is 14.3 Å². The summed E-state index contributed by atoms with van der Waals surface area (Å²) in [5.41, 5.74) is 1.59. The van der Waals surface area contributed by atoms with Gasteiger partial charge in [0.1, 0.15) is 12.4 Å². The van der Waals surface area contributed by atoms with Gasteiger partial charge in [-0.05, 0) is 36.8 Å². The number of rotatable bonds is 8. The smallest absolute Gasteiger partial charge is 0.338 e. The monoisotopic (exact) mass is 534 g/mol. The molecule has 10 heteroatoms. The molecule has 1 unspecified atom stereocenters. The van der Waals surface area contributed by atoms with E-state index < -0.39 is 18.0 Å². The van der Waals surface area contributed by atoms with Crippen molar-refractivity contribution >= 4 is 29.4 Å². The van der Waals surface area contributed by atoms with Crippen LogP contribution in [0.3, 0.4) is 0 Å². The molecule has 0 aliphatic carbocycles. The van der Waals surface area contributed by atoms with Crippen LogP contribution in [0.1, 0.15) is 31.0 Å². The Morgan fingerprint density at radius 1 is 1.13 bits per heavy atom. The Bertz CT molecular complexity index is 1610. The highest BCUT2D eigenvalue weighted by Gasteiger charge is 2.33. The predicted molar refractivity (Wildman–Crippen MR) is 142 cm³/mol. The van der Waals surface area contributed by atoms with E-state index in [0.717, 1.165) is 0 Å². The molecule has 0 spiro atoms. The second-order valence-corrected chi connectivity index (χ2v) is 9.22. The Labute approximate surface area is 222 Å². The van der Waals surface area contributed by atoms with E-state index in [1.807, 2.05) is 6.07 Å². The zero-order valence-corrected chi connectivity index (χ0v) is 22.2. The van der Waals surface area contributed by atoms with Crippen molar-refractivity contribution in [3.05, 3.63) is 97.2 Å². The van der Waals surface area contributed by atoms with Crippen molar-refractivity contribution in [3.8, 4) is 17.2 Å². The number of carbonyl (C=O) groups is 2. The van der Waals surface area contributed by atoms with E-state index in [0.29, 0.717) is 43.4 Å². The van der Waals surface area contributed by atoms with E-state index >= 15 is 0 Å². The number of para-hydroxylation sites is 1. The first-order valence-corrected chi connectivity index (χ1v) is 12.4. The minimum absolute atomic E-state index is 0.00772. The molecule has 0 saturated carbocycles. The quantitative estimate of drug-likeness (QED) is 0.249. The number of nitrogens with zero attached hydrogens (tertiary/aromatic N) is 2. The fourth-order valence-corrected chi connectivity index (χ4v) is 5.20. The first-order valence-electron chi connectivity index (χ1n) is 11.6. The molecule has 1 aliphatic rings. The molecule has 1 aromatic heterocycles. The highest BCUT2D eigenvalue weighted by Crippen LogP contribution is 2.33. The second-order valence-electron chi connectivity index (χ2n) is 8.21. The minimum Gasteiger partial charge on any atom is -0.493 e. The molecule has 0 N–H and O–H groups in total. The summed E-state index contributed by atoms with van der Waals surface area (Å²) in [6.07, 6.45) is 3.18. The van der Waals surface area contributed by atoms with E-state index in [-0.39, 0.29) is 17.7 Å². The number of fused-ring (bicyclic) bond motifs is 1. The summed E-state index contributed by atoms with van der Waals surface area (Å²) in [4.78, 5) is 43.3. The van der Waals surface area contributed by atoms with Gasteiger partial charge in [0.25, 0.3) is 5.56 Å². The van der Waals surface area contributed by atoms with Gasteiger partial charge in [-0.15, -0.1) is 0 Å².